The first-order valence-corrected chi connectivity index (χ1v) is 6.14. The Kier molecular flexibility index (Phi) is 2.45. The molecule has 1 N–H and O–H groups in total. The molecule has 3 rings (SSSR count). The molecule has 1 atom stereocenters. The molecule has 0 amide bonds. The summed E-state index contributed by atoms with van der Waals surface area (Å²) < 4.78 is 2.22. The van der Waals surface area contributed by atoms with E-state index in [2.05, 4.69) is 14.9 Å². The van der Waals surface area contributed by atoms with Crippen LogP contribution in [0.1, 0.15) is 31.0 Å². The summed E-state index contributed by atoms with van der Waals surface area (Å²) in [6.07, 6.45) is 5.64. The first-order chi connectivity index (χ1) is 7.34. The van der Waals surface area contributed by atoms with Crippen LogP contribution < -0.4 is 5.32 Å². The summed E-state index contributed by atoms with van der Waals surface area (Å²) in [6, 6.07) is 0. The predicted molar refractivity (Wildman–Crippen MR) is 60.2 cm³/mol. The van der Waals surface area contributed by atoms with E-state index < -0.39 is 0 Å². The maximum Gasteiger partial charge on any atom is 0.128 e. The molecule has 1 aromatic heterocycles. The van der Waals surface area contributed by atoms with Crippen LogP contribution >= 0.6 is 11.6 Å². The second kappa shape index (κ2) is 3.80. The Morgan fingerprint density at radius 2 is 2.33 bits per heavy atom. The van der Waals surface area contributed by atoms with Crippen molar-refractivity contribution in [2.75, 3.05) is 13.1 Å². The maximum absolute atomic E-state index is 6.18. The second-order valence-electron chi connectivity index (χ2n) is 4.68. The summed E-state index contributed by atoms with van der Waals surface area (Å²) in [5, 5.41) is 4.20. The van der Waals surface area contributed by atoms with Crippen molar-refractivity contribution in [2.45, 2.75) is 31.7 Å². The largest absolute Gasteiger partial charge is 0.319 e. The third-order valence-corrected chi connectivity index (χ3v) is 3.69. The second-order valence-corrected chi connectivity index (χ2v) is 5.07. The standard InChI is InChI=1S/C11H16ClN3/c12-10-6-14-11(9-1-2-9)15(10)7-8-3-4-13-5-8/h6,8-9,13H,1-5,7H2. The summed E-state index contributed by atoms with van der Waals surface area (Å²) in [4.78, 5) is 4.43. The lowest BCUT2D eigenvalue weighted by Crippen LogP contribution is -2.16. The highest BCUT2D eigenvalue weighted by atomic mass is 35.5. The summed E-state index contributed by atoms with van der Waals surface area (Å²) >= 11 is 6.18. The van der Waals surface area contributed by atoms with Gasteiger partial charge in [0.1, 0.15) is 11.0 Å². The van der Waals surface area contributed by atoms with Gasteiger partial charge in [0.05, 0.1) is 6.20 Å². The van der Waals surface area contributed by atoms with E-state index in [0.717, 1.165) is 30.7 Å². The average Bonchev–Trinajstić information content (AvgIpc) is 2.82. The van der Waals surface area contributed by atoms with Gasteiger partial charge in [0, 0.05) is 12.5 Å². The average molecular weight is 226 g/mol. The zero-order valence-electron chi connectivity index (χ0n) is 8.75. The molecule has 0 spiro atoms. The highest BCUT2D eigenvalue weighted by molar-refractivity contribution is 6.29. The minimum absolute atomic E-state index is 0.687. The molecule has 4 heteroatoms. The number of rotatable bonds is 3. The van der Waals surface area contributed by atoms with Gasteiger partial charge in [0.25, 0.3) is 0 Å². The third kappa shape index (κ3) is 1.91. The van der Waals surface area contributed by atoms with Gasteiger partial charge in [-0.3, -0.25) is 0 Å². The monoisotopic (exact) mass is 225 g/mol. The van der Waals surface area contributed by atoms with E-state index in [1.165, 1.54) is 25.1 Å². The van der Waals surface area contributed by atoms with E-state index in [-0.39, 0.29) is 0 Å². The third-order valence-electron chi connectivity index (χ3n) is 3.38. The molecule has 1 aliphatic heterocycles. The van der Waals surface area contributed by atoms with E-state index in [1.807, 2.05) is 0 Å². The molecule has 3 nitrogen and oxygen atoms in total. The Bertz CT molecular complexity index is 351. The number of imidazole rings is 1. The number of hydrogen-bond acceptors (Lipinski definition) is 2. The van der Waals surface area contributed by atoms with Crippen LogP contribution in [0.5, 0.6) is 0 Å². The summed E-state index contributed by atoms with van der Waals surface area (Å²) in [5.74, 6) is 2.63. The van der Waals surface area contributed by atoms with Crippen molar-refractivity contribution in [3.8, 4) is 0 Å². The molecule has 2 heterocycles. The van der Waals surface area contributed by atoms with E-state index in [9.17, 15) is 0 Å². The van der Waals surface area contributed by atoms with Crippen LogP contribution in [0.15, 0.2) is 6.20 Å². The molecule has 0 bridgehead atoms. The van der Waals surface area contributed by atoms with Gasteiger partial charge in [-0.1, -0.05) is 11.6 Å². The Labute approximate surface area is 94.8 Å². The van der Waals surface area contributed by atoms with E-state index in [0.29, 0.717) is 5.92 Å². The van der Waals surface area contributed by atoms with Crippen LogP contribution in [0, 0.1) is 5.92 Å². The minimum atomic E-state index is 0.687. The molecule has 1 aliphatic carbocycles. The van der Waals surface area contributed by atoms with Crippen LogP contribution in [0.2, 0.25) is 5.15 Å². The Morgan fingerprint density at radius 1 is 1.47 bits per heavy atom. The van der Waals surface area contributed by atoms with Crippen LogP contribution in [0.3, 0.4) is 0 Å². The van der Waals surface area contributed by atoms with Crippen LogP contribution in [0.25, 0.3) is 0 Å². The smallest absolute Gasteiger partial charge is 0.128 e. The summed E-state index contributed by atoms with van der Waals surface area (Å²) in [5.41, 5.74) is 0. The van der Waals surface area contributed by atoms with Crippen molar-refractivity contribution in [2.24, 2.45) is 5.92 Å². The van der Waals surface area contributed by atoms with E-state index >= 15 is 0 Å². The fourth-order valence-corrected chi connectivity index (χ4v) is 2.55. The fraction of sp³-hybridized carbons (Fsp3) is 0.727. The molecule has 1 saturated carbocycles. The molecular weight excluding hydrogens is 210 g/mol. The molecule has 1 aromatic rings. The van der Waals surface area contributed by atoms with Crippen molar-refractivity contribution in [1.29, 1.82) is 0 Å². The topological polar surface area (TPSA) is 29.9 Å². The highest BCUT2D eigenvalue weighted by Gasteiger charge is 2.30. The van der Waals surface area contributed by atoms with E-state index in [1.54, 1.807) is 6.20 Å². The quantitative estimate of drug-likeness (QED) is 0.853. The predicted octanol–water partition coefficient (Wildman–Crippen LogP) is 2.02. The SMILES string of the molecule is Clc1cnc(C2CC2)n1CC1CCNC1. The number of hydrogen-bond donors (Lipinski definition) is 1. The zero-order valence-corrected chi connectivity index (χ0v) is 9.50. The highest BCUT2D eigenvalue weighted by Crippen LogP contribution is 2.40. The maximum atomic E-state index is 6.18. The van der Waals surface area contributed by atoms with E-state index in [4.69, 9.17) is 11.6 Å². The Hall–Kier alpha value is -0.540. The molecular formula is C11H16ClN3. The fourth-order valence-electron chi connectivity index (χ4n) is 2.34. The lowest BCUT2D eigenvalue weighted by Gasteiger charge is -2.13. The number of nitrogens with zero attached hydrogens (tertiary/aromatic N) is 2. The number of nitrogens with one attached hydrogen (secondary N) is 1. The van der Waals surface area contributed by atoms with Gasteiger partial charge in [0.2, 0.25) is 0 Å². The van der Waals surface area contributed by atoms with Gasteiger partial charge >= 0.3 is 0 Å². The molecule has 1 unspecified atom stereocenters. The van der Waals surface area contributed by atoms with Crippen molar-refractivity contribution >= 4 is 11.6 Å². The molecule has 0 radical (unpaired) electrons. The van der Waals surface area contributed by atoms with Gasteiger partial charge < -0.3 is 9.88 Å². The molecule has 2 fully saturated rings. The normalized spacial score (nSPS) is 26.1. The van der Waals surface area contributed by atoms with Crippen molar-refractivity contribution in [3.63, 3.8) is 0 Å². The molecule has 15 heavy (non-hydrogen) atoms. The van der Waals surface area contributed by atoms with Gasteiger partial charge in [0.15, 0.2) is 0 Å². The minimum Gasteiger partial charge on any atom is -0.319 e. The lowest BCUT2D eigenvalue weighted by molar-refractivity contribution is 0.470. The lowest BCUT2D eigenvalue weighted by atomic mass is 10.1. The number of aromatic nitrogens is 2. The zero-order chi connectivity index (χ0) is 10.3. The van der Waals surface area contributed by atoms with Crippen LogP contribution in [0.4, 0.5) is 0 Å². The molecule has 82 valence electrons. The summed E-state index contributed by atoms with van der Waals surface area (Å²) in [7, 11) is 0. The van der Waals surface area contributed by atoms with Crippen molar-refractivity contribution < 1.29 is 0 Å². The van der Waals surface area contributed by atoms with Crippen molar-refractivity contribution in [3.05, 3.63) is 17.2 Å². The van der Waals surface area contributed by atoms with Crippen LogP contribution in [-0.2, 0) is 6.54 Å². The van der Waals surface area contributed by atoms with Gasteiger partial charge in [-0.05, 0) is 38.3 Å². The first kappa shape index (κ1) is 9.67. The molecule has 2 aliphatic rings. The summed E-state index contributed by atoms with van der Waals surface area (Å²) in [6.45, 7) is 3.31. The Balaban J connectivity index is 1.79. The Morgan fingerprint density at radius 3 is 3.00 bits per heavy atom. The van der Waals surface area contributed by atoms with Gasteiger partial charge in [-0.15, -0.1) is 0 Å². The van der Waals surface area contributed by atoms with Gasteiger partial charge in [-0.2, -0.15) is 0 Å². The van der Waals surface area contributed by atoms with Crippen LogP contribution in [-0.4, -0.2) is 22.6 Å². The van der Waals surface area contributed by atoms with Gasteiger partial charge in [-0.25, -0.2) is 4.98 Å². The number of halogens is 1. The first-order valence-electron chi connectivity index (χ1n) is 5.76. The molecule has 0 aromatic carbocycles. The van der Waals surface area contributed by atoms with Crippen molar-refractivity contribution in [1.82, 2.24) is 14.9 Å². The molecule has 1 saturated heterocycles.